The van der Waals surface area contributed by atoms with Crippen LogP contribution in [0.5, 0.6) is 0 Å². The molecule has 0 aromatic heterocycles. The van der Waals surface area contributed by atoms with Crippen LogP contribution in [0.2, 0.25) is 0 Å². The van der Waals surface area contributed by atoms with Crippen LogP contribution in [0.4, 0.5) is 4.79 Å². The smallest absolute Gasteiger partial charge is 0.410 e. The fourth-order valence-electron chi connectivity index (χ4n) is 2.13. The van der Waals surface area contributed by atoms with Crippen LogP contribution in [-0.2, 0) is 14.3 Å². The van der Waals surface area contributed by atoms with Gasteiger partial charge in [0.05, 0.1) is 6.61 Å². The number of hydrogen-bond donors (Lipinski definition) is 0. The molecular formula is C16H27NO4. The molecule has 1 saturated heterocycles. The van der Waals surface area contributed by atoms with Gasteiger partial charge in [-0.1, -0.05) is 11.6 Å². The van der Waals surface area contributed by atoms with Crippen LogP contribution in [-0.4, -0.2) is 42.3 Å². The lowest BCUT2D eigenvalue weighted by Gasteiger charge is -2.31. The fourth-order valence-corrected chi connectivity index (χ4v) is 2.13. The normalized spacial score (nSPS) is 15.6. The third kappa shape index (κ3) is 7.16. The van der Waals surface area contributed by atoms with Crippen LogP contribution >= 0.6 is 0 Å². The summed E-state index contributed by atoms with van der Waals surface area (Å²) in [4.78, 5) is 24.9. The molecule has 0 saturated carbocycles. The number of ether oxygens (including phenoxy) is 2. The second-order valence-corrected chi connectivity index (χ2v) is 6.17. The lowest BCUT2D eigenvalue weighted by atomic mass is 10.0. The molecule has 0 radical (unpaired) electrons. The van der Waals surface area contributed by atoms with E-state index in [2.05, 4.69) is 6.08 Å². The van der Waals surface area contributed by atoms with Crippen molar-refractivity contribution in [3.63, 3.8) is 0 Å². The van der Waals surface area contributed by atoms with Gasteiger partial charge >= 0.3 is 12.1 Å². The Balaban J connectivity index is 2.31. The molecular weight excluding hydrogens is 270 g/mol. The first-order chi connectivity index (χ1) is 9.81. The minimum atomic E-state index is -0.452. The largest absolute Gasteiger partial charge is 0.466 e. The molecule has 1 heterocycles. The molecule has 1 amide bonds. The van der Waals surface area contributed by atoms with Gasteiger partial charge in [-0.25, -0.2) is 4.79 Å². The molecule has 0 aromatic carbocycles. The number of hydrogen-bond acceptors (Lipinski definition) is 4. The maximum atomic E-state index is 11.9. The lowest BCUT2D eigenvalue weighted by molar-refractivity contribution is -0.143. The second kappa shape index (κ2) is 8.05. The van der Waals surface area contributed by atoms with Crippen LogP contribution in [0.3, 0.4) is 0 Å². The number of likely N-dealkylation sites (tertiary alicyclic amines) is 1. The third-order valence-electron chi connectivity index (χ3n) is 3.14. The Hall–Kier alpha value is -1.52. The van der Waals surface area contributed by atoms with E-state index < -0.39 is 5.60 Å². The second-order valence-electron chi connectivity index (χ2n) is 6.17. The van der Waals surface area contributed by atoms with Gasteiger partial charge in [0, 0.05) is 19.5 Å². The summed E-state index contributed by atoms with van der Waals surface area (Å²) in [7, 11) is 0. The lowest BCUT2D eigenvalue weighted by Crippen LogP contribution is -2.40. The van der Waals surface area contributed by atoms with Crippen molar-refractivity contribution in [3.05, 3.63) is 11.6 Å². The molecule has 5 nitrogen and oxygen atoms in total. The predicted molar refractivity (Wildman–Crippen MR) is 81.0 cm³/mol. The molecule has 0 spiro atoms. The summed E-state index contributed by atoms with van der Waals surface area (Å²) < 4.78 is 10.2. The van der Waals surface area contributed by atoms with Crippen molar-refractivity contribution in [2.75, 3.05) is 19.7 Å². The highest BCUT2D eigenvalue weighted by atomic mass is 16.6. The summed E-state index contributed by atoms with van der Waals surface area (Å²) >= 11 is 0. The zero-order valence-electron chi connectivity index (χ0n) is 13.6. The maximum absolute atomic E-state index is 11.9. The fraction of sp³-hybridized carbons (Fsp3) is 0.750. The van der Waals surface area contributed by atoms with E-state index in [-0.39, 0.29) is 12.1 Å². The number of nitrogens with zero attached hydrogens (tertiary/aromatic N) is 1. The molecule has 0 aliphatic carbocycles. The van der Waals surface area contributed by atoms with Crippen LogP contribution in [0, 0.1) is 0 Å². The SMILES string of the molecule is CCOC(=O)CCC=C1CCN(C(=O)OC(C)(C)C)CC1. The van der Waals surface area contributed by atoms with Crippen molar-refractivity contribution < 1.29 is 19.1 Å². The van der Waals surface area contributed by atoms with Gasteiger partial charge in [-0.3, -0.25) is 4.79 Å². The van der Waals surface area contributed by atoms with Crippen molar-refractivity contribution in [3.8, 4) is 0 Å². The van der Waals surface area contributed by atoms with E-state index in [1.165, 1.54) is 5.57 Å². The summed E-state index contributed by atoms with van der Waals surface area (Å²) in [5, 5.41) is 0. The highest BCUT2D eigenvalue weighted by Gasteiger charge is 2.24. The van der Waals surface area contributed by atoms with E-state index in [0.29, 0.717) is 32.5 Å². The molecule has 1 rings (SSSR count). The number of piperidine rings is 1. The average Bonchev–Trinajstić information content (AvgIpc) is 2.38. The Morgan fingerprint density at radius 3 is 2.38 bits per heavy atom. The van der Waals surface area contributed by atoms with E-state index >= 15 is 0 Å². The number of carbonyl (C=O) groups excluding carboxylic acids is 2. The van der Waals surface area contributed by atoms with E-state index in [4.69, 9.17) is 9.47 Å². The minimum absolute atomic E-state index is 0.152. The number of allylic oxidation sites excluding steroid dienone is 1. The minimum Gasteiger partial charge on any atom is -0.466 e. The zero-order valence-corrected chi connectivity index (χ0v) is 13.6. The highest BCUT2D eigenvalue weighted by molar-refractivity contribution is 5.69. The Morgan fingerprint density at radius 1 is 1.24 bits per heavy atom. The van der Waals surface area contributed by atoms with Gasteiger partial charge in [-0.2, -0.15) is 0 Å². The maximum Gasteiger partial charge on any atom is 0.410 e. The molecule has 0 bridgehead atoms. The topological polar surface area (TPSA) is 55.8 Å². The summed E-state index contributed by atoms with van der Waals surface area (Å²) in [5.74, 6) is -0.152. The van der Waals surface area contributed by atoms with Crippen LogP contribution in [0.1, 0.15) is 53.4 Å². The van der Waals surface area contributed by atoms with Crippen LogP contribution in [0.25, 0.3) is 0 Å². The van der Waals surface area contributed by atoms with Gasteiger partial charge in [0.2, 0.25) is 0 Å². The standard InChI is InChI=1S/C16H27NO4/c1-5-20-14(18)8-6-7-13-9-11-17(12-10-13)15(19)21-16(2,3)4/h7H,5-6,8-12H2,1-4H3. The van der Waals surface area contributed by atoms with Gasteiger partial charge in [0.25, 0.3) is 0 Å². The molecule has 0 aromatic rings. The summed E-state index contributed by atoms with van der Waals surface area (Å²) in [6, 6.07) is 0. The molecule has 1 aliphatic rings. The van der Waals surface area contributed by atoms with E-state index in [0.717, 1.165) is 12.8 Å². The van der Waals surface area contributed by atoms with Crippen LogP contribution < -0.4 is 0 Å². The van der Waals surface area contributed by atoms with E-state index in [9.17, 15) is 9.59 Å². The first-order valence-electron chi connectivity index (χ1n) is 7.63. The molecule has 120 valence electrons. The van der Waals surface area contributed by atoms with Gasteiger partial charge < -0.3 is 14.4 Å². The molecule has 0 atom stereocenters. The molecule has 5 heteroatoms. The van der Waals surface area contributed by atoms with Crippen molar-refractivity contribution in [1.82, 2.24) is 4.90 Å². The van der Waals surface area contributed by atoms with E-state index in [1.54, 1.807) is 4.90 Å². The number of esters is 1. The number of amides is 1. The third-order valence-corrected chi connectivity index (χ3v) is 3.14. The first kappa shape index (κ1) is 17.5. The van der Waals surface area contributed by atoms with E-state index in [1.807, 2.05) is 27.7 Å². The molecule has 21 heavy (non-hydrogen) atoms. The van der Waals surface area contributed by atoms with Crippen molar-refractivity contribution in [2.24, 2.45) is 0 Å². The van der Waals surface area contributed by atoms with Crippen molar-refractivity contribution >= 4 is 12.1 Å². The average molecular weight is 297 g/mol. The quantitative estimate of drug-likeness (QED) is 0.590. The Labute approximate surface area is 127 Å². The predicted octanol–water partition coefficient (Wildman–Crippen LogP) is 3.29. The monoisotopic (exact) mass is 297 g/mol. The van der Waals surface area contributed by atoms with Gasteiger partial charge in [-0.05, 0) is 47.0 Å². The van der Waals surface area contributed by atoms with Crippen molar-refractivity contribution in [1.29, 1.82) is 0 Å². The first-order valence-corrected chi connectivity index (χ1v) is 7.63. The summed E-state index contributed by atoms with van der Waals surface area (Å²) in [6.07, 6.45) is 4.69. The Morgan fingerprint density at radius 2 is 1.86 bits per heavy atom. The molecule has 0 unspecified atom stereocenters. The summed E-state index contributed by atoms with van der Waals surface area (Å²) in [6.45, 7) is 9.21. The van der Waals surface area contributed by atoms with Gasteiger partial charge in [0.15, 0.2) is 0 Å². The number of carbonyl (C=O) groups is 2. The molecule has 0 N–H and O–H groups in total. The summed E-state index contributed by atoms with van der Waals surface area (Å²) in [5.41, 5.74) is 0.853. The van der Waals surface area contributed by atoms with Crippen molar-refractivity contribution in [2.45, 2.75) is 59.0 Å². The Bertz CT molecular complexity index is 386. The van der Waals surface area contributed by atoms with Gasteiger partial charge in [-0.15, -0.1) is 0 Å². The highest BCUT2D eigenvalue weighted by Crippen LogP contribution is 2.19. The number of rotatable bonds is 4. The molecule has 1 fully saturated rings. The zero-order chi connectivity index (χ0) is 15.9. The van der Waals surface area contributed by atoms with Gasteiger partial charge in [0.1, 0.15) is 5.60 Å². The Kier molecular flexibility index (Phi) is 6.72. The molecule has 1 aliphatic heterocycles. The van der Waals surface area contributed by atoms with Crippen LogP contribution in [0.15, 0.2) is 11.6 Å².